The van der Waals surface area contributed by atoms with Gasteiger partial charge in [0.25, 0.3) is 0 Å². The molecular formula is C12H20N2O5. The topological polar surface area (TPSA) is 99.1 Å². The van der Waals surface area contributed by atoms with Crippen LogP contribution in [0, 0.1) is 0 Å². The van der Waals surface area contributed by atoms with Crippen molar-refractivity contribution < 1.29 is 24.5 Å². The van der Waals surface area contributed by atoms with Crippen molar-refractivity contribution in [3.05, 3.63) is 0 Å². The molecule has 0 spiro atoms. The Morgan fingerprint density at radius 1 is 1.42 bits per heavy atom. The number of nitrogens with one attached hydrogen (secondary N) is 1. The van der Waals surface area contributed by atoms with Gasteiger partial charge in [-0.25, -0.2) is 9.59 Å². The number of aliphatic hydroxyl groups is 1. The molecule has 0 aromatic carbocycles. The zero-order chi connectivity index (χ0) is 13.8. The van der Waals surface area contributed by atoms with Crippen molar-refractivity contribution in [1.29, 1.82) is 0 Å². The second-order valence-electron chi connectivity index (χ2n) is 5.05. The fraction of sp³-hybridized carbons (Fsp3) is 0.833. The van der Waals surface area contributed by atoms with Gasteiger partial charge in [0.15, 0.2) is 0 Å². The SMILES string of the molecule is O=C(O)[C@@H]1C[C@@H](O)CN1C(=O)NCCC1CCCO1. The Morgan fingerprint density at radius 2 is 2.21 bits per heavy atom. The van der Waals surface area contributed by atoms with Gasteiger partial charge in [0, 0.05) is 26.1 Å². The van der Waals surface area contributed by atoms with Crippen LogP contribution in [0.5, 0.6) is 0 Å². The van der Waals surface area contributed by atoms with E-state index in [1.165, 1.54) is 4.90 Å². The van der Waals surface area contributed by atoms with Gasteiger partial charge >= 0.3 is 12.0 Å². The lowest BCUT2D eigenvalue weighted by Gasteiger charge is -2.22. The number of aliphatic carboxylic acids is 1. The number of aliphatic hydroxyl groups excluding tert-OH is 1. The maximum atomic E-state index is 11.9. The fourth-order valence-corrected chi connectivity index (χ4v) is 2.59. The number of urea groups is 1. The summed E-state index contributed by atoms with van der Waals surface area (Å²) in [5, 5.41) is 21.1. The molecule has 0 radical (unpaired) electrons. The Morgan fingerprint density at radius 3 is 2.84 bits per heavy atom. The quantitative estimate of drug-likeness (QED) is 0.657. The van der Waals surface area contributed by atoms with Crippen molar-refractivity contribution in [2.75, 3.05) is 19.7 Å². The van der Waals surface area contributed by atoms with E-state index in [-0.39, 0.29) is 19.1 Å². The molecule has 0 aromatic rings. The summed E-state index contributed by atoms with van der Waals surface area (Å²) in [5.74, 6) is -1.08. The van der Waals surface area contributed by atoms with E-state index in [9.17, 15) is 14.7 Å². The first-order valence-electron chi connectivity index (χ1n) is 6.65. The Kier molecular flexibility index (Phi) is 4.60. The van der Waals surface area contributed by atoms with Crippen molar-refractivity contribution in [3.8, 4) is 0 Å². The van der Waals surface area contributed by atoms with E-state index >= 15 is 0 Å². The van der Waals surface area contributed by atoms with Gasteiger partial charge in [-0.2, -0.15) is 0 Å². The van der Waals surface area contributed by atoms with Crippen molar-refractivity contribution in [2.45, 2.75) is 43.9 Å². The standard InChI is InChI=1S/C12H20N2O5/c15-8-6-10(11(16)17)14(7-8)12(18)13-4-3-9-2-1-5-19-9/h8-10,15H,1-7H2,(H,13,18)(H,16,17)/t8-,9?,10+/m1/s1. The van der Waals surface area contributed by atoms with Crippen molar-refractivity contribution in [2.24, 2.45) is 0 Å². The van der Waals surface area contributed by atoms with E-state index in [2.05, 4.69) is 5.32 Å². The Balaban J connectivity index is 1.76. The number of carbonyl (C=O) groups excluding carboxylic acids is 1. The predicted octanol–water partition coefficient (Wildman–Crippen LogP) is -0.215. The first-order valence-corrected chi connectivity index (χ1v) is 6.65. The van der Waals surface area contributed by atoms with Crippen molar-refractivity contribution in [1.82, 2.24) is 10.2 Å². The summed E-state index contributed by atoms with van der Waals surface area (Å²) in [4.78, 5) is 24.1. The summed E-state index contributed by atoms with van der Waals surface area (Å²) in [7, 11) is 0. The lowest BCUT2D eigenvalue weighted by molar-refractivity contribution is -0.141. The molecule has 2 aliphatic rings. The number of rotatable bonds is 4. The van der Waals surface area contributed by atoms with E-state index in [1.54, 1.807) is 0 Å². The minimum absolute atomic E-state index is 0.0722. The van der Waals surface area contributed by atoms with Crippen LogP contribution in [0.2, 0.25) is 0 Å². The average Bonchev–Trinajstić information content (AvgIpc) is 2.98. The minimum atomic E-state index is -1.08. The summed E-state index contributed by atoms with van der Waals surface area (Å²) in [6, 6.07) is -1.36. The van der Waals surface area contributed by atoms with Crippen LogP contribution in [0.3, 0.4) is 0 Å². The number of hydrogen-bond acceptors (Lipinski definition) is 4. The van der Waals surface area contributed by atoms with Crippen LogP contribution in [0.4, 0.5) is 4.79 Å². The molecule has 108 valence electrons. The summed E-state index contributed by atoms with van der Waals surface area (Å²) in [5.41, 5.74) is 0. The second kappa shape index (κ2) is 6.21. The third kappa shape index (κ3) is 3.57. The Labute approximate surface area is 111 Å². The number of likely N-dealkylation sites (tertiary alicyclic amines) is 1. The van der Waals surface area contributed by atoms with E-state index in [0.717, 1.165) is 25.9 Å². The van der Waals surface area contributed by atoms with Crippen LogP contribution >= 0.6 is 0 Å². The van der Waals surface area contributed by atoms with E-state index in [4.69, 9.17) is 9.84 Å². The van der Waals surface area contributed by atoms with Gasteiger partial charge in [-0.3, -0.25) is 0 Å². The highest BCUT2D eigenvalue weighted by Crippen LogP contribution is 2.18. The summed E-state index contributed by atoms with van der Waals surface area (Å²) >= 11 is 0. The number of amides is 2. The number of ether oxygens (including phenoxy) is 1. The lowest BCUT2D eigenvalue weighted by atomic mass is 10.2. The Hall–Kier alpha value is -1.34. The molecule has 2 heterocycles. The number of carboxylic acid groups (broad SMARTS) is 1. The molecular weight excluding hydrogens is 252 g/mol. The molecule has 7 heteroatoms. The lowest BCUT2D eigenvalue weighted by Crippen LogP contribution is -2.46. The third-order valence-electron chi connectivity index (χ3n) is 3.59. The van der Waals surface area contributed by atoms with Crippen molar-refractivity contribution in [3.63, 3.8) is 0 Å². The third-order valence-corrected chi connectivity index (χ3v) is 3.59. The van der Waals surface area contributed by atoms with Crippen LogP contribution in [0.15, 0.2) is 0 Å². The van der Waals surface area contributed by atoms with Crippen LogP contribution in [-0.4, -0.2) is 65.1 Å². The van der Waals surface area contributed by atoms with Crippen molar-refractivity contribution >= 4 is 12.0 Å². The van der Waals surface area contributed by atoms with Gasteiger partial charge in [0.05, 0.1) is 12.2 Å². The normalized spacial score (nSPS) is 30.6. The molecule has 0 aliphatic carbocycles. The maximum Gasteiger partial charge on any atom is 0.326 e. The van der Waals surface area contributed by atoms with Gasteiger partial charge in [-0.05, 0) is 19.3 Å². The highest BCUT2D eigenvalue weighted by atomic mass is 16.5. The molecule has 2 fully saturated rings. The molecule has 0 bridgehead atoms. The average molecular weight is 272 g/mol. The van der Waals surface area contributed by atoms with Crippen LogP contribution in [0.1, 0.15) is 25.7 Å². The molecule has 0 aromatic heterocycles. The van der Waals surface area contributed by atoms with Gasteiger partial charge in [0.2, 0.25) is 0 Å². The minimum Gasteiger partial charge on any atom is -0.480 e. The van der Waals surface area contributed by atoms with Gasteiger partial charge in [-0.15, -0.1) is 0 Å². The molecule has 1 unspecified atom stereocenters. The highest BCUT2D eigenvalue weighted by Gasteiger charge is 2.38. The molecule has 2 saturated heterocycles. The maximum absolute atomic E-state index is 11.9. The first kappa shape index (κ1) is 14.1. The zero-order valence-electron chi connectivity index (χ0n) is 10.7. The van der Waals surface area contributed by atoms with Gasteiger partial charge in [-0.1, -0.05) is 0 Å². The van der Waals surface area contributed by atoms with Crippen LogP contribution in [0.25, 0.3) is 0 Å². The van der Waals surface area contributed by atoms with Crippen LogP contribution in [-0.2, 0) is 9.53 Å². The fourth-order valence-electron chi connectivity index (χ4n) is 2.59. The summed E-state index contributed by atoms with van der Waals surface area (Å²) < 4.78 is 5.44. The monoisotopic (exact) mass is 272 g/mol. The largest absolute Gasteiger partial charge is 0.480 e. The van der Waals surface area contributed by atoms with E-state index in [1.807, 2.05) is 0 Å². The molecule has 19 heavy (non-hydrogen) atoms. The summed E-state index contributed by atoms with van der Waals surface area (Å²) in [6.45, 7) is 1.31. The molecule has 7 nitrogen and oxygen atoms in total. The first-order chi connectivity index (χ1) is 9.08. The Bertz CT molecular complexity index is 343. The van der Waals surface area contributed by atoms with Gasteiger partial charge in [0.1, 0.15) is 6.04 Å². The molecule has 2 aliphatic heterocycles. The number of carbonyl (C=O) groups is 2. The smallest absolute Gasteiger partial charge is 0.326 e. The molecule has 2 rings (SSSR count). The predicted molar refractivity (Wildman–Crippen MR) is 65.7 cm³/mol. The van der Waals surface area contributed by atoms with Gasteiger partial charge < -0.3 is 25.2 Å². The van der Waals surface area contributed by atoms with Crippen LogP contribution < -0.4 is 5.32 Å². The summed E-state index contributed by atoms with van der Waals surface area (Å²) in [6.07, 6.45) is 2.33. The molecule has 3 N–H and O–H groups in total. The molecule has 3 atom stereocenters. The number of carboxylic acids is 1. The molecule has 2 amide bonds. The highest BCUT2D eigenvalue weighted by molar-refractivity contribution is 5.83. The molecule has 0 saturated carbocycles. The zero-order valence-corrected chi connectivity index (χ0v) is 10.7. The number of β-amino-alcohol motifs (C(OH)–C–C–N with tert-alkyl or cyclic N) is 1. The second-order valence-corrected chi connectivity index (χ2v) is 5.05. The number of hydrogen-bond donors (Lipinski definition) is 3. The number of nitrogens with zero attached hydrogens (tertiary/aromatic N) is 1. The van der Waals surface area contributed by atoms with E-state index < -0.39 is 24.1 Å². The van der Waals surface area contributed by atoms with E-state index in [0.29, 0.717) is 6.54 Å².